The van der Waals surface area contributed by atoms with E-state index in [0.29, 0.717) is 6.61 Å². The van der Waals surface area contributed by atoms with Crippen LogP contribution in [0.4, 0.5) is 5.13 Å². The third kappa shape index (κ3) is 5.33. The Kier molecular flexibility index (Phi) is 7.53. The fraction of sp³-hybridized carbons (Fsp3) is 0.469. The third-order valence-corrected chi connectivity index (χ3v) is 9.81. The van der Waals surface area contributed by atoms with Crippen LogP contribution in [0.1, 0.15) is 59.2 Å². The van der Waals surface area contributed by atoms with Crippen LogP contribution in [0, 0.1) is 31.6 Å². The second kappa shape index (κ2) is 11.2. The summed E-state index contributed by atoms with van der Waals surface area (Å²) in [5.41, 5.74) is 5.82. The summed E-state index contributed by atoms with van der Waals surface area (Å²) in [5.74, 6) is 0.438. The molecule has 6 rings (SSSR count). The lowest BCUT2D eigenvalue weighted by atomic mass is 9.85. The van der Waals surface area contributed by atoms with Crippen molar-refractivity contribution in [3.63, 3.8) is 0 Å². The van der Waals surface area contributed by atoms with E-state index in [2.05, 4.69) is 23.3 Å². The van der Waals surface area contributed by atoms with Crippen LogP contribution < -0.4 is 9.64 Å². The molecule has 3 aromatic rings. The monoisotopic (exact) mass is 559 g/mol. The van der Waals surface area contributed by atoms with Gasteiger partial charge in [-0.2, -0.15) is 0 Å². The van der Waals surface area contributed by atoms with E-state index in [-0.39, 0.29) is 23.7 Å². The SMILES string of the molecule is Cc1ccc(OCc2ccc(C(=O)N3CCCCC3)cc2C)c(-c2csc(N3C[C@@H]4CC[C@@H](C3)C4C(=O)O)n2)c1. The Morgan fingerprint density at radius 1 is 1.02 bits per heavy atom. The smallest absolute Gasteiger partial charge is 0.307 e. The van der Waals surface area contributed by atoms with E-state index in [1.54, 1.807) is 11.3 Å². The third-order valence-electron chi connectivity index (χ3n) is 8.91. The molecule has 2 aromatic carbocycles. The standard InChI is InChI=1S/C32H37N3O4S/c1-20-6-11-28(39-18-25-10-7-22(15-21(25)2)30(36)34-12-4-3-5-13-34)26(14-20)27-19-40-32(33-27)35-16-23-8-9-24(17-35)29(23)31(37)38/h6-7,10-11,14-15,19,23-24,29H,3-5,8-9,12-13,16-18H2,1-2H3,(H,37,38)/t23-,24-/m0/s1. The molecule has 2 atom stereocenters. The summed E-state index contributed by atoms with van der Waals surface area (Å²) in [5, 5.41) is 12.7. The van der Waals surface area contributed by atoms with E-state index in [1.165, 1.54) is 6.42 Å². The molecule has 0 spiro atoms. The Morgan fingerprint density at radius 3 is 2.48 bits per heavy atom. The summed E-state index contributed by atoms with van der Waals surface area (Å²) in [7, 11) is 0. The summed E-state index contributed by atoms with van der Waals surface area (Å²) in [6.45, 7) is 7.72. The molecule has 1 aliphatic carbocycles. The number of carboxylic acids is 1. The normalized spacial score (nSPS) is 22.4. The molecule has 2 aliphatic heterocycles. The number of anilines is 1. The molecule has 2 bridgehead atoms. The van der Waals surface area contributed by atoms with Gasteiger partial charge >= 0.3 is 5.97 Å². The first-order valence-electron chi connectivity index (χ1n) is 14.4. The number of aryl methyl sites for hydroxylation is 2. The van der Waals surface area contributed by atoms with E-state index >= 15 is 0 Å². The van der Waals surface area contributed by atoms with Crippen molar-refractivity contribution < 1.29 is 19.4 Å². The quantitative estimate of drug-likeness (QED) is 0.372. The van der Waals surface area contributed by atoms with Gasteiger partial charge < -0.3 is 19.6 Å². The number of benzene rings is 2. The molecular formula is C32H37N3O4S. The fourth-order valence-corrected chi connectivity index (χ4v) is 7.56. The van der Waals surface area contributed by atoms with Crippen molar-refractivity contribution in [2.24, 2.45) is 17.8 Å². The number of aliphatic carboxylic acids is 1. The summed E-state index contributed by atoms with van der Waals surface area (Å²) < 4.78 is 6.36. The van der Waals surface area contributed by atoms with Gasteiger partial charge in [0.1, 0.15) is 12.4 Å². The maximum atomic E-state index is 12.9. The van der Waals surface area contributed by atoms with Crippen molar-refractivity contribution in [3.8, 4) is 17.0 Å². The van der Waals surface area contributed by atoms with Crippen molar-refractivity contribution in [2.45, 2.75) is 52.6 Å². The van der Waals surface area contributed by atoms with E-state index in [9.17, 15) is 14.7 Å². The van der Waals surface area contributed by atoms with Crippen LogP contribution in [0.2, 0.25) is 0 Å². The van der Waals surface area contributed by atoms with Gasteiger partial charge in [-0.05, 0) is 93.2 Å². The minimum absolute atomic E-state index is 0.121. The Balaban J connectivity index is 1.16. The van der Waals surface area contributed by atoms with Crippen LogP contribution in [0.3, 0.4) is 0 Å². The first-order chi connectivity index (χ1) is 19.4. The molecule has 1 saturated carbocycles. The number of hydrogen-bond donors (Lipinski definition) is 1. The highest BCUT2D eigenvalue weighted by atomic mass is 32.1. The van der Waals surface area contributed by atoms with E-state index in [1.807, 2.05) is 42.2 Å². The van der Waals surface area contributed by atoms with Gasteiger partial charge in [-0.3, -0.25) is 9.59 Å². The first-order valence-corrected chi connectivity index (χ1v) is 15.3. The lowest BCUT2D eigenvalue weighted by molar-refractivity contribution is -0.144. The average Bonchev–Trinajstić information content (AvgIpc) is 3.55. The molecule has 7 nitrogen and oxygen atoms in total. The average molecular weight is 560 g/mol. The van der Waals surface area contributed by atoms with Gasteiger partial charge in [0.25, 0.3) is 5.91 Å². The minimum atomic E-state index is -0.646. The largest absolute Gasteiger partial charge is 0.488 e. The number of hydrogen-bond acceptors (Lipinski definition) is 6. The maximum Gasteiger partial charge on any atom is 0.307 e. The Hall–Kier alpha value is -3.39. The van der Waals surface area contributed by atoms with Gasteiger partial charge in [-0.25, -0.2) is 4.98 Å². The number of fused-ring (bicyclic) bond motifs is 2. The minimum Gasteiger partial charge on any atom is -0.488 e. The lowest BCUT2D eigenvalue weighted by Gasteiger charge is -2.35. The topological polar surface area (TPSA) is 83.0 Å². The van der Waals surface area contributed by atoms with Gasteiger partial charge in [-0.1, -0.05) is 17.7 Å². The predicted molar refractivity (Wildman–Crippen MR) is 157 cm³/mol. The number of nitrogens with zero attached hydrogens (tertiary/aromatic N) is 3. The number of carbonyl (C=O) groups excluding carboxylic acids is 1. The predicted octanol–water partition coefficient (Wildman–Crippen LogP) is 6.18. The zero-order chi connectivity index (χ0) is 27.8. The van der Waals surface area contributed by atoms with Crippen LogP contribution in [-0.2, 0) is 11.4 Å². The number of thiazole rings is 1. The molecule has 2 saturated heterocycles. The fourth-order valence-electron chi connectivity index (χ4n) is 6.71. The van der Waals surface area contributed by atoms with Crippen molar-refractivity contribution in [3.05, 3.63) is 64.0 Å². The molecule has 1 N–H and O–H groups in total. The van der Waals surface area contributed by atoms with Crippen LogP contribution in [-0.4, -0.2) is 53.0 Å². The van der Waals surface area contributed by atoms with Gasteiger partial charge in [0, 0.05) is 42.7 Å². The highest BCUT2D eigenvalue weighted by molar-refractivity contribution is 7.14. The maximum absolute atomic E-state index is 12.9. The Morgan fingerprint density at radius 2 is 1.77 bits per heavy atom. The van der Waals surface area contributed by atoms with Crippen LogP contribution in [0.15, 0.2) is 41.8 Å². The van der Waals surface area contributed by atoms with E-state index < -0.39 is 5.97 Å². The second-order valence-electron chi connectivity index (χ2n) is 11.7. The van der Waals surface area contributed by atoms with E-state index in [0.717, 1.165) is 96.3 Å². The van der Waals surface area contributed by atoms with Crippen LogP contribution in [0.5, 0.6) is 5.75 Å². The molecule has 210 valence electrons. The van der Waals surface area contributed by atoms with Gasteiger partial charge in [0.15, 0.2) is 5.13 Å². The van der Waals surface area contributed by atoms with Crippen LogP contribution in [0.25, 0.3) is 11.3 Å². The lowest BCUT2D eigenvalue weighted by Crippen LogP contribution is -2.44. The van der Waals surface area contributed by atoms with Crippen molar-refractivity contribution in [1.29, 1.82) is 0 Å². The molecule has 8 heteroatoms. The number of rotatable bonds is 7. The number of aromatic nitrogens is 1. The summed E-state index contributed by atoms with van der Waals surface area (Å²) >= 11 is 1.62. The summed E-state index contributed by atoms with van der Waals surface area (Å²) in [6.07, 6.45) is 5.34. The first kappa shape index (κ1) is 26.8. The Bertz CT molecular complexity index is 1400. The zero-order valence-corrected chi connectivity index (χ0v) is 24.1. The summed E-state index contributed by atoms with van der Waals surface area (Å²) in [4.78, 5) is 33.9. The van der Waals surface area contributed by atoms with Gasteiger partial charge in [-0.15, -0.1) is 11.3 Å². The molecule has 40 heavy (non-hydrogen) atoms. The molecule has 0 radical (unpaired) electrons. The molecule has 1 amide bonds. The Labute approximate surface area is 239 Å². The van der Waals surface area contributed by atoms with Gasteiger partial charge in [0.2, 0.25) is 0 Å². The van der Waals surface area contributed by atoms with Crippen LogP contribution >= 0.6 is 11.3 Å². The summed E-state index contributed by atoms with van der Waals surface area (Å²) in [6, 6.07) is 12.1. The number of carbonyl (C=O) groups is 2. The molecule has 3 aliphatic rings. The van der Waals surface area contributed by atoms with Gasteiger partial charge in [0.05, 0.1) is 11.6 Å². The van der Waals surface area contributed by atoms with Crippen molar-refractivity contribution in [2.75, 3.05) is 31.1 Å². The molecule has 0 unspecified atom stereocenters. The number of ether oxygens (including phenoxy) is 1. The number of carboxylic acid groups (broad SMARTS) is 1. The molecular weight excluding hydrogens is 522 g/mol. The number of piperidine rings is 2. The van der Waals surface area contributed by atoms with Crippen molar-refractivity contribution >= 4 is 28.3 Å². The zero-order valence-electron chi connectivity index (χ0n) is 23.3. The highest BCUT2D eigenvalue weighted by Crippen LogP contribution is 2.44. The molecule has 1 aromatic heterocycles. The number of likely N-dealkylation sites (tertiary alicyclic amines) is 1. The highest BCUT2D eigenvalue weighted by Gasteiger charge is 2.46. The van der Waals surface area contributed by atoms with E-state index in [4.69, 9.17) is 9.72 Å². The van der Waals surface area contributed by atoms with Crippen molar-refractivity contribution in [1.82, 2.24) is 9.88 Å². The molecule has 3 heterocycles. The second-order valence-corrected chi connectivity index (χ2v) is 12.5. The number of amides is 1. The molecule has 3 fully saturated rings.